The molecular weight excluding hydrogens is 317 g/mol. The van der Waals surface area contributed by atoms with Crippen molar-refractivity contribution in [1.82, 2.24) is 4.98 Å². The number of thiazole rings is 1. The molecule has 0 fully saturated rings. The number of hydrogen-bond acceptors (Lipinski definition) is 3. The number of halogens is 2. The second kappa shape index (κ2) is 5.47. The predicted octanol–water partition coefficient (Wildman–Crippen LogP) is 3.94. The Kier molecular flexibility index (Phi) is 4.14. The predicted molar refractivity (Wildman–Crippen MR) is 74.4 cm³/mol. The molecule has 5 heteroatoms. The van der Waals surface area contributed by atoms with Crippen LogP contribution in [0.2, 0.25) is 0 Å². The first kappa shape index (κ1) is 13.6. The van der Waals surface area contributed by atoms with Crippen LogP contribution in [0.5, 0.6) is 0 Å². The Morgan fingerprint density at radius 3 is 2.78 bits per heavy atom. The van der Waals surface area contributed by atoms with Crippen LogP contribution in [-0.2, 0) is 6.42 Å². The van der Waals surface area contributed by atoms with E-state index in [-0.39, 0.29) is 12.2 Å². The number of aliphatic hydroxyl groups is 1. The van der Waals surface area contributed by atoms with Crippen molar-refractivity contribution < 1.29 is 9.50 Å². The summed E-state index contributed by atoms with van der Waals surface area (Å²) >= 11 is 4.76. The lowest BCUT2D eigenvalue weighted by Gasteiger charge is -2.10. The Morgan fingerprint density at radius 2 is 2.17 bits per heavy atom. The molecule has 0 saturated carbocycles. The van der Waals surface area contributed by atoms with Crippen molar-refractivity contribution >= 4 is 27.3 Å². The summed E-state index contributed by atoms with van der Waals surface area (Å²) in [5, 5.41) is 11.1. The third-order valence-electron chi connectivity index (χ3n) is 2.66. The molecule has 0 saturated heterocycles. The zero-order valence-corrected chi connectivity index (χ0v) is 12.5. The lowest BCUT2D eigenvalue weighted by Crippen LogP contribution is -2.03. The SMILES string of the molecule is Cc1nc(C)c(C(O)Cc2cc(Br)ccc2F)s1. The first-order valence-corrected chi connectivity index (χ1v) is 7.14. The Hall–Kier alpha value is -0.780. The number of rotatable bonds is 3. The Balaban J connectivity index is 2.23. The van der Waals surface area contributed by atoms with Crippen LogP contribution < -0.4 is 0 Å². The molecule has 18 heavy (non-hydrogen) atoms. The smallest absolute Gasteiger partial charge is 0.126 e. The van der Waals surface area contributed by atoms with E-state index in [1.54, 1.807) is 12.1 Å². The third kappa shape index (κ3) is 2.96. The van der Waals surface area contributed by atoms with Gasteiger partial charge < -0.3 is 5.11 Å². The van der Waals surface area contributed by atoms with E-state index in [1.165, 1.54) is 17.4 Å². The standard InChI is InChI=1S/C13H13BrFNOS/c1-7-13(18-8(2)16-7)12(17)6-9-5-10(14)3-4-11(9)15/h3-5,12,17H,6H2,1-2H3. The van der Waals surface area contributed by atoms with Crippen molar-refractivity contribution in [2.75, 3.05) is 0 Å². The highest BCUT2D eigenvalue weighted by atomic mass is 79.9. The van der Waals surface area contributed by atoms with Gasteiger partial charge in [-0.3, -0.25) is 0 Å². The fourth-order valence-electron chi connectivity index (χ4n) is 1.86. The number of nitrogens with zero attached hydrogens (tertiary/aromatic N) is 1. The molecule has 1 atom stereocenters. The monoisotopic (exact) mass is 329 g/mol. The van der Waals surface area contributed by atoms with E-state index < -0.39 is 6.10 Å². The quantitative estimate of drug-likeness (QED) is 0.925. The van der Waals surface area contributed by atoms with E-state index in [1.807, 2.05) is 13.8 Å². The largest absolute Gasteiger partial charge is 0.387 e. The van der Waals surface area contributed by atoms with Crippen molar-refractivity contribution in [3.8, 4) is 0 Å². The molecule has 0 aliphatic heterocycles. The maximum Gasteiger partial charge on any atom is 0.126 e. The Morgan fingerprint density at radius 1 is 1.44 bits per heavy atom. The Bertz CT molecular complexity index is 570. The summed E-state index contributed by atoms with van der Waals surface area (Å²) in [5.41, 5.74) is 1.32. The summed E-state index contributed by atoms with van der Waals surface area (Å²) in [7, 11) is 0. The molecule has 0 aliphatic carbocycles. The van der Waals surface area contributed by atoms with Gasteiger partial charge in [0.15, 0.2) is 0 Å². The van der Waals surface area contributed by atoms with E-state index in [4.69, 9.17) is 0 Å². The molecule has 2 rings (SSSR count). The summed E-state index contributed by atoms with van der Waals surface area (Å²) in [6.45, 7) is 3.76. The van der Waals surface area contributed by atoms with E-state index in [2.05, 4.69) is 20.9 Å². The maximum absolute atomic E-state index is 13.6. The highest BCUT2D eigenvalue weighted by Crippen LogP contribution is 2.28. The zero-order chi connectivity index (χ0) is 13.3. The van der Waals surface area contributed by atoms with Gasteiger partial charge in [-0.15, -0.1) is 11.3 Å². The number of aliphatic hydroxyl groups excluding tert-OH is 1. The molecule has 2 aromatic rings. The van der Waals surface area contributed by atoms with Crippen LogP contribution in [0, 0.1) is 19.7 Å². The zero-order valence-electron chi connectivity index (χ0n) is 10.1. The maximum atomic E-state index is 13.6. The van der Waals surface area contributed by atoms with Crippen LogP contribution in [0.15, 0.2) is 22.7 Å². The minimum Gasteiger partial charge on any atom is -0.387 e. The second-order valence-corrected chi connectivity index (χ2v) is 6.29. The van der Waals surface area contributed by atoms with Crippen LogP contribution in [0.3, 0.4) is 0 Å². The Labute approximate surface area is 118 Å². The summed E-state index contributed by atoms with van der Waals surface area (Å²) in [5.74, 6) is -0.295. The van der Waals surface area contributed by atoms with Gasteiger partial charge in [0.1, 0.15) is 5.82 Å². The highest BCUT2D eigenvalue weighted by molar-refractivity contribution is 9.10. The van der Waals surface area contributed by atoms with E-state index >= 15 is 0 Å². The van der Waals surface area contributed by atoms with Crippen LogP contribution in [0.25, 0.3) is 0 Å². The number of aromatic nitrogens is 1. The van der Waals surface area contributed by atoms with Gasteiger partial charge >= 0.3 is 0 Å². The van der Waals surface area contributed by atoms with Crippen molar-refractivity contribution in [3.05, 3.63) is 49.6 Å². The third-order valence-corrected chi connectivity index (χ3v) is 4.33. The van der Waals surface area contributed by atoms with Crippen molar-refractivity contribution in [2.24, 2.45) is 0 Å². The minimum atomic E-state index is -0.708. The van der Waals surface area contributed by atoms with Crippen molar-refractivity contribution in [3.63, 3.8) is 0 Å². The summed E-state index contributed by atoms with van der Waals surface area (Å²) in [6.07, 6.45) is -0.451. The van der Waals surface area contributed by atoms with E-state index in [0.717, 1.165) is 20.1 Å². The molecule has 0 spiro atoms. The average molecular weight is 330 g/mol. The van der Waals surface area contributed by atoms with E-state index in [9.17, 15) is 9.50 Å². The van der Waals surface area contributed by atoms with Gasteiger partial charge in [-0.1, -0.05) is 15.9 Å². The molecule has 0 bridgehead atoms. The fourth-order valence-corrected chi connectivity index (χ4v) is 3.18. The molecule has 1 N–H and O–H groups in total. The first-order chi connectivity index (χ1) is 8.47. The molecule has 96 valence electrons. The topological polar surface area (TPSA) is 33.1 Å². The second-order valence-electron chi connectivity index (χ2n) is 4.14. The highest BCUT2D eigenvalue weighted by Gasteiger charge is 2.17. The fraction of sp³-hybridized carbons (Fsp3) is 0.308. The summed E-state index contributed by atoms with van der Waals surface area (Å²) in [4.78, 5) is 5.08. The molecule has 0 aliphatic rings. The van der Waals surface area contributed by atoms with Gasteiger partial charge in [0.25, 0.3) is 0 Å². The normalized spacial score (nSPS) is 12.7. The average Bonchev–Trinajstić information content (AvgIpc) is 2.63. The van der Waals surface area contributed by atoms with Crippen LogP contribution in [0.4, 0.5) is 4.39 Å². The van der Waals surface area contributed by atoms with Gasteiger partial charge in [-0.05, 0) is 37.6 Å². The van der Waals surface area contributed by atoms with Crippen LogP contribution in [0.1, 0.15) is 27.2 Å². The summed E-state index contributed by atoms with van der Waals surface area (Å²) in [6, 6.07) is 4.74. The minimum absolute atomic E-state index is 0.258. The lowest BCUT2D eigenvalue weighted by molar-refractivity contribution is 0.180. The molecule has 0 amide bonds. The van der Waals surface area contributed by atoms with Crippen molar-refractivity contribution in [2.45, 2.75) is 26.4 Å². The van der Waals surface area contributed by atoms with Crippen LogP contribution >= 0.6 is 27.3 Å². The molecule has 2 nitrogen and oxygen atoms in total. The first-order valence-electron chi connectivity index (χ1n) is 5.53. The van der Waals surface area contributed by atoms with Crippen LogP contribution in [-0.4, -0.2) is 10.1 Å². The van der Waals surface area contributed by atoms with E-state index in [0.29, 0.717) is 5.56 Å². The molecule has 1 aromatic heterocycles. The van der Waals surface area contributed by atoms with Gasteiger partial charge in [0.2, 0.25) is 0 Å². The molecule has 1 unspecified atom stereocenters. The molecule has 0 radical (unpaired) electrons. The lowest BCUT2D eigenvalue weighted by atomic mass is 10.1. The molecule has 1 heterocycles. The number of aryl methyl sites for hydroxylation is 2. The number of hydrogen-bond donors (Lipinski definition) is 1. The van der Waals surface area contributed by atoms with Gasteiger partial charge in [-0.2, -0.15) is 0 Å². The molecule has 1 aromatic carbocycles. The summed E-state index contributed by atoms with van der Waals surface area (Å²) < 4.78 is 14.4. The number of benzene rings is 1. The van der Waals surface area contributed by atoms with Crippen molar-refractivity contribution in [1.29, 1.82) is 0 Å². The van der Waals surface area contributed by atoms with Gasteiger partial charge in [-0.25, -0.2) is 9.37 Å². The van der Waals surface area contributed by atoms with Gasteiger partial charge in [0, 0.05) is 10.9 Å². The molecular formula is C13H13BrFNOS. The van der Waals surface area contributed by atoms with Gasteiger partial charge in [0.05, 0.1) is 21.7 Å².